The predicted octanol–water partition coefficient (Wildman–Crippen LogP) is 2.58. The third-order valence-corrected chi connectivity index (χ3v) is 3.99. The second-order valence-corrected chi connectivity index (χ2v) is 5.67. The normalized spacial score (nSPS) is 20.2. The topological polar surface area (TPSA) is 32.3 Å². The highest BCUT2D eigenvalue weighted by Crippen LogP contribution is 2.17. The Hall–Kier alpha value is -1.94. The highest BCUT2D eigenvalue weighted by molar-refractivity contribution is 5.30. The summed E-state index contributed by atoms with van der Waals surface area (Å²) in [5.41, 5.74) is 1.38. The zero-order valence-electron chi connectivity index (χ0n) is 12.5. The van der Waals surface area contributed by atoms with Crippen LogP contribution in [0.3, 0.4) is 0 Å². The van der Waals surface area contributed by atoms with E-state index in [9.17, 15) is 0 Å². The molecule has 3 rings (SSSR count). The summed E-state index contributed by atoms with van der Waals surface area (Å²) in [6, 6.07) is 13.0. The van der Waals surface area contributed by atoms with Crippen LogP contribution in [0.4, 0.5) is 5.95 Å². The maximum Gasteiger partial charge on any atom is 0.225 e. The van der Waals surface area contributed by atoms with E-state index in [0.717, 1.165) is 38.5 Å². The van der Waals surface area contributed by atoms with Gasteiger partial charge in [0, 0.05) is 44.6 Å². The van der Waals surface area contributed by atoms with Crippen molar-refractivity contribution < 1.29 is 0 Å². The van der Waals surface area contributed by atoms with Gasteiger partial charge in [-0.25, -0.2) is 9.97 Å². The number of nitrogens with zero attached hydrogens (tertiary/aromatic N) is 4. The Morgan fingerprint density at radius 3 is 2.57 bits per heavy atom. The summed E-state index contributed by atoms with van der Waals surface area (Å²) < 4.78 is 0. The first-order valence-corrected chi connectivity index (χ1v) is 7.63. The third-order valence-electron chi connectivity index (χ3n) is 3.99. The first kappa shape index (κ1) is 14.0. The molecule has 4 nitrogen and oxygen atoms in total. The van der Waals surface area contributed by atoms with Crippen molar-refractivity contribution in [3.63, 3.8) is 0 Å². The standard InChI is InChI=1S/C17H22N4/c1-15-13-20(14-16-7-3-2-4-8-16)11-6-12-21(15)17-18-9-5-10-19-17/h2-5,7-10,15H,6,11-14H2,1H3. The minimum Gasteiger partial charge on any atom is -0.337 e. The SMILES string of the molecule is CC1CN(Cc2ccccc2)CCCN1c1ncccn1. The van der Waals surface area contributed by atoms with Crippen LogP contribution in [0.25, 0.3) is 0 Å². The molecule has 2 aromatic rings. The molecule has 1 aromatic heterocycles. The molecule has 4 heteroatoms. The summed E-state index contributed by atoms with van der Waals surface area (Å²) in [5.74, 6) is 0.853. The Morgan fingerprint density at radius 2 is 1.81 bits per heavy atom. The average molecular weight is 282 g/mol. The van der Waals surface area contributed by atoms with Gasteiger partial charge in [0.05, 0.1) is 0 Å². The van der Waals surface area contributed by atoms with Crippen LogP contribution in [-0.2, 0) is 6.54 Å². The van der Waals surface area contributed by atoms with Crippen LogP contribution in [-0.4, -0.2) is 40.5 Å². The zero-order valence-corrected chi connectivity index (χ0v) is 12.5. The summed E-state index contributed by atoms with van der Waals surface area (Å²) in [6.07, 6.45) is 4.79. The highest BCUT2D eigenvalue weighted by atomic mass is 15.3. The van der Waals surface area contributed by atoms with Crippen molar-refractivity contribution in [2.24, 2.45) is 0 Å². The summed E-state index contributed by atoms with van der Waals surface area (Å²) in [6.45, 7) is 6.49. The quantitative estimate of drug-likeness (QED) is 0.866. The lowest BCUT2D eigenvalue weighted by molar-refractivity contribution is 0.268. The van der Waals surface area contributed by atoms with Crippen LogP contribution < -0.4 is 4.90 Å². The van der Waals surface area contributed by atoms with E-state index >= 15 is 0 Å². The van der Waals surface area contributed by atoms with E-state index in [1.54, 1.807) is 0 Å². The number of rotatable bonds is 3. The molecule has 1 aliphatic heterocycles. The van der Waals surface area contributed by atoms with Gasteiger partial charge in [-0.3, -0.25) is 4.90 Å². The Kier molecular flexibility index (Phi) is 4.46. The monoisotopic (exact) mass is 282 g/mol. The highest BCUT2D eigenvalue weighted by Gasteiger charge is 2.23. The maximum atomic E-state index is 4.40. The van der Waals surface area contributed by atoms with Crippen LogP contribution in [0.2, 0.25) is 0 Å². The van der Waals surface area contributed by atoms with Gasteiger partial charge in [0.25, 0.3) is 0 Å². The number of hydrogen-bond acceptors (Lipinski definition) is 4. The van der Waals surface area contributed by atoms with E-state index in [2.05, 4.69) is 57.0 Å². The molecule has 2 heterocycles. The fourth-order valence-electron chi connectivity index (χ4n) is 2.97. The Morgan fingerprint density at radius 1 is 1.05 bits per heavy atom. The van der Waals surface area contributed by atoms with E-state index in [4.69, 9.17) is 0 Å². The Labute approximate surface area is 126 Å². The molecule has 0 amide bonds. The third kappa shape index (κ3) is 3.58. The summed E-state index contributed by atoms with van der Waals surface area (Å²) >= 11 is 0. The van der Waals surface area contributed by atoms with Crippen molar-refractivity contribution in [1.29, 1.82) is 0 Å². The van der Waals surface area contributed by atoms with Gasteiger partial charge in [0.1, 0.15) is 0 Å². The van der Waals surface area contributed by atoms with Gasteiger partial charge >= 0.3 is 0 Å². The molecule has 1 fully saturated rings. The average Bonchev–Trinajstić information content (AvgIpc) is 2.70. The van der Waals surface area contributed by atoms with Crippen molar-refractivity contribution in [2.75, 3.05) is 24.5 Å². The molecule has 0 radical (unpaired) electrons. The maximum absolute atomic E-state index is 4.40. The summed E-state index contributed by atoms with van der Waals surface area (Å²) in [7, 11) is 0. The molecule has 0 spiro atoms. The molecule has 110 valence electrons. The molecule has 1 saturated heterocycles. The first-order valence-electron chi connectivity index (χ1n) is 7.63. The van der Waals surface area contributed by atoms with Crippen molar-refractivity contribution in [3.8, 4) is 0 Å². The van der Waals surface area contributed by atoms with Gasteiger partial charge in [-0.05, 0) is 25.0 Å². The molecule has 0 aliphatic carbocycles. The fourth-order valence-corrected chi connectivity index (χ4v) is 2.97. The molecule has 1 aliphatic rings. The molecule has 1 atom stereocenters. The second kappa shape index (κ2) is 6.68. The largest absolute Gasteiger partial charge is 0.337 e. The summed E-state index contributed by atoms with van der Waals surface area (Å²) in [5, 5.41) is 0. The smallest absolute Gasteiger partial charge is 0.225 e. The lowest BCUT2D eigenvalue weighted by Gasteiger charge is -2.29. The van der Waals surface area contributed by atoms with Crippen LogP contribution in [0.1, 0.15) is 18.9 Å². The Bertz CT molecular complexity index is 543. The lowest BCUT2D eigenvalue weighted by Crippen LogP contribution is -2.39. The van der Waals surface area contributed by atoms with Crippen LogP contribution in [0.5, 0.6) is 0 Å². The van der Waals surface area contributed by atoms with Crippen molar-refractivity contribution in [1.82, 2.24) is 14.9 Å². The number of aromatic nitrogens is 2. The predicted molar refractivity (Wildman–Crippen MR) is 85.2 cm³/mol. The van der Waals surface area contributed by atoms with E-state index in [1.165, 1.54) is 5.56 Å². The summed E-state index contributed by atoms with van der Waals surface area (Å²) in [4.78, 5) is 13.7. The number of hydrogen-bond donors (Lipinski definition) is 0. The lowest BCUT2D eigenvalue weighted by atomic mass is 10.2. The van der Waals surface area contributed by atoms with Gasteiger partial charge in [-0.2, -0.15) is 0 Å². The van der Waals surface area contributed by atoms with E-state index < -0.39 is 0 Å². The molecule has 1 aromatic carbocycles. The zero-order chi connectivity index (χ0) is 14.5. The van der Waals surface area contributed by atoms with Crippen molar-refractivity contribution in [3.05, 3.63) is 54.4 Å². The molecular weight excluding hydrogens is 260 g/mol. The van der Waals surface area contributed by atoms with Crippen molar-refractivity contribution >= 4 is 5.95 Å². The molecule has 0 bridgehead atoms. The van der Waals surface area contributed by atoms with Crippen LogP contribution in [0.15, 0.2) is 48.8 Å². The second-order valence-electron chi connectivity index (χ2n) is 5.67. The van der Waals surface area contributed by atoms with Gasteiger partial charge in [0.15, 0.2) is 0 Å². The molecule has 21 heavy (non-hydrogen) atoms. The first-order chi connectivity index (χ1) is 10.3. The molecule has 0 N–H and O–H groups in total. The van der Waals surface area contributed by atoms with E-state index in [1.807, 2.05) is 18.5 Å². The molecular formula is C17H22N4. The van der Waals surface area contributed by atoms with Crippen molar-refractivity contribution in [2.45, 2.75) is 25.9 Å². The van der Waals surface area contributed by atoms with E-state index in [-0.39, 0.29) is 0 Å². The Balaban J connectivity index is 1.67. The number of benzene rings is 1. The number of anilines is 1. The van der Waals surface area contributed by atoms with Crippen LogP contribution in [0, 0.1) is 0 Å². The molecule has 1 unspecified atom stereocenters. The minimum absolute atomic E-state index is 0.429. The minimum atomic E-state index is 0.429. The van der Waals surface area contributed by atoms with E-state index in [0.29, 0.717) is 6.04 Å². The fraction of sp³-hybridized carbons (Fsp3) is 0.412. The van der Waals surface area contributed by atoms with Gasteiger partial charge < -0.3 is 4.90 Å². The van der Waals surface area contributed by atoms with Gasteiger partial charge in [-0.1, -0.05) is 30.3 Å². The molecule has 0 saturated carbocycles. The van der Waals surface area contributed by atoms with Gasteiger partial charge in [0.2, 0.25) is 5.95 Å². The van der Waals surface area contributed by atoms with Gasteiger partial charge in [-0.15, -0.1) is 0 Å². The van der Waals surface area contributed by atoms with Crippen LogP contribution >= 0.6 is 0 Å².